The number of thiophene rings is 1. The van der Waals surface area contributed by atoms with Crippen LogP contribution in [0.15, 0.2) is 18.2 Å². The molecule has 3 saturated heterocycles. The van der Waals surface area contributed by atoms with E-state index in [2.05, 4.69) is 14.9 Å². The summed E-state index contributed by atoms with van der Waals surface area (Å²) in [5.41, 5.74) is 2.59. The molecular formula is C36H39F6N7O2S. The summed E-state index contributed by atoms with van der Waals surface area (Å²) < 4.78 is 93.2. The van der Waals surface area contributed by atoms with Gasteiger partial charge in [-0.15, -0.1) is 11.3 Å². The van der Waals surface area contributed by atoms with Crippen molar-refractivity contribution in [3.05, 3.63) is 41.0 Å². The van der Waals surface area contributed by atoms with Gasteiger partial charge in [-0.1, -0.05) is 19.9 Å². The monoisotopic (exact) mass is 747 g/mol. The van der Waals surface area contributed by atoms with Gasteiger partial charge in [0.05, 0.1) is 22.9 Å². The molecule has 3 atom stereocenters. The fourth-order valence-electron chi connectivity index (χ4n) is 7.67. The SMILES string of the molecule is CCN(c1nc(OC)nc2c(F)c(-c3ccc(F)c4sc(N)c(C#N)c34)c(C(F)(F)F)cc12)C1CCN(C(=O)C(C)C)C1.FC1CC2CCCN2C1. The number of benzene rings is 2. The largest absolute Gasteiger partial charge is 0.467 e. The number of alkyl halides is 4. The Morgan fingerprint density at radius 3 is 2.58 bits per heavy atom. The summed E-state index contributed by atoms with van der Waals surface area (Å²) in [6.45, 7) is 8.26. The van der Waals surface area contributed by atoms with Gasteiger partial charge in [0.15, 0.2) is 5.82 Å². The Balaban J connectivity index is 0.000000444. The van der Waals surface area contributed by atoms with E-state index in [1.54, 1.807) is 36.6 Å². The van der Waals surface area contributed by atoms with E-state index in [-0.39, 0.29) is 67.8 Å². The van der Waals surface area contributed by atoms with Crippen molar-refractivity contribution >= 4 is 49.1 Å². The second-order valence-electron chi connectivity index (χ2n) is 13.6. The summed E-state index contributed by atoms with van der Waals surface area (Å²) in [5.74, 6) is -2.40. The molecule has 0 saturated carbocycles. The fraction of sp³-hybridized carbons (Fsp3) is 0.500. The number of amides is 1. The van der Waals surface area contributed by atoms with E-state index in [1.165, 1.54) is 20.0 Å². The first kappa shape index (κ1) is 37.4. The lowest BCUT2D eigenvalue weighted by Crippen LogP contribution is -2.40. The van der Waals surface area contributed by atoms with E-state index in [4.69, 9.17) is 10.5 Å². The van der Waals surface area contributed by atoms with Gasteiger partial charge in [-0.3, -0.25) is 9.69 Å². The lowest BCUT2D eigenvalue weighted by Gasteiger charge is -2.30. The number of hydrogen-bond acceptors (Lipinski definition) is 9. The topological polar surface area (TPSA) is 112 Å². The predicted octanol–water partition coefficient (Wildman–Crippen LogP) is 7.55. The van der Waals surface area contributed by atoms with Gasteiger partial charge >= 0.3 is 12.2 Å². The van der Waals surface area contributed by atoms with Crippen molar-refractivity contribution in [2.75, 3.05) is 50.5 Å². The number of nitrogens with zero attached hydrogens (tertiary/aromatic N) is 6. The van der Waals surface area contributed by atoms with E-state index >= 15 is 4.39 Å². The summed E-state index contributed by atoms with van der Waals surface area (Å²) in [5, 5.41) is 9.15. The van der Waals surface area contributed by atoms with Crippen LogP contribution in [0, 0.1) is 28.9 Å². The zero-order valence-electron chi connectivity index (χ0n) is 29.2. The molecular weight excluding hydrogens is 708 g/mol. The third-order valence-electron chi connectivity index (χ3n) is 10.1. The molecule has 52 heavy (non-hydrogen) atoms. The summed E-state index contributed by atoms with van der Waals surface area (Å²) in [4.78, 5) is 26.8. The molecule has 3 aliphatic heterocycles. The van der Waals surface area contributed by atoms with Gasteiger partial charge < -0.3 is 20.3 Å². The van der Waals surface area contributed by atoms with Crippen molar-refractivity contribution in [3.63, 3.8) is 0 Å². The van der Waals surface area contributed by atoms with Gasteiger partial charge in [-0.25, -0.2) is 13.2 Å². The number of methoxy groups -OCH3 is 1. The molecule has 3 aliphatic rings. The van der Waals surface area contributed by atoms with Crippen LogP contribution in [0.2, 0.25) is 0 Å². The summed E-state index contributed by atoms with van der Waals surface area (Å²) in [6.07, 6.45) is -1.73. The highest BCUT2D eigenvalue weighted by Crippen LogP contribution is 2.48. The van der Waals surface area contributed by atoms with Gasteiger partial charge in [-0.05, 0) is 56.8 Å². The molecule has 1 amide bonds. The number of nitrogen functional groups attached to an aromatic ring is 1. The summed E-state index contributed by atoms with van der Waals surface area (Å²) in [7, 11) is 1.25. The maximum Gasteiger partial charge on any atom is 0.417 e. The summed E-state index contributed by atoms with van der Waals surface area (Å²) in [6, 6.07) is 4.51. The Kier molecular flexibility index (Phi) is 10.5. The highest BCUT2D eigenvalue weighted by Gasteiger charge is 2.40. The van der Waals surface area contributed by atoms with Crippen LogP contribution in [0.25, 0.3) is 32.1 Å². The predicted molar refractivity (Wildman–Crippen MR) is 188 cm³/mol. The average Bonchev–Trinajstić information content (AvgIpc) is 3.89. The van der Waals surface area contributed by atoms with Crippen LogP contribution >= 0.6 is 11.3 Å². The third kappa shape index (κ3) is 6.80. The van der Waals surface area contributed by atoms with Gasteiger partial charge in [0.1, 0.15) is 34.4 Å². The first-order valence-electron chi connectivity index (χ1n) is 17.2. The Labute approximate surface area is 300 Å². The van der Waals surface area contributed by atoms with E-state index in [0.717, 1.165) is 31.2 Å². The normalized spacial score (nSPS) is 20.3. The molecule has 3 unspecified atom stereocenters. The summed E-state index contributed by atoms with van der Waals surface area (Å²) >= 11 is 0.691. The van der Waals surface area contributed by atoms with Crippen molar-refractivity contribution < 1.29 is 35.9 Å². The number of nitriles is 1. The average molecular weight is 748 g/mol. The number of likely N-dealkylation sites (N-methyl/N-ethyl adjacent to an activating group) is 1. The molecule has 5 heterocycles. The highest BCUT2D eigenvalue weighted by atomic mass is 32.1. The fourth-order valence-corrected chi connectivity index (χ4v) is 8.62. The minimum Gasteiger partial charge on any atom is -0.467 e. The number of ether oxygens (including phenoxy) is 1. The number of aromatic nitrogens is 2. The number of halogens is 6. The molecule has 4 aromatic rings. The van der Waals surface area contributed by atoms with E-state index < -0.39 is 40.6 Å². The number of fused-ring (bicyclic) bond motifs is 3. The number of carbonyl (C=O) groups excluding carboxylic acids is 1. The maximum absolute atomic E-state index is 16.6. The third-order valence-corrected chi connectivity index (χ3v) is 11.1. The zero-order valence-corrected chi connectivity index (χ0v) is 30.0. The molecule has 278 valence electrons. The van der Waals surface area contributed by atoms with Crippen LogP contribution in [-0.2, 0) is 11.0 Å². The van der Waals surface area contributed by atoms with Crippen LogP contribution in [0.1, 0.15) is 57.6 Å². The van der Waals surface area contributed by atoms with Crippen molar-refractivity contribution in [3.8, 4) is 23.2 Å². The van der Waals surface area contributed by atoms with Crippen LogP contribution < -0.4 is 15.4 Å². The minimum atomic E-state index is -5.07. The van der Waals surface area contributed by atoms with Crippen LogP contribution in [0.5, 0.6) is 6.01 Å². The molecule has 2 aromatic heterocycles. The highest BCUT2D eigenvalue weighted by molar-refractivity contribution is 7.23. The van der Waals surface area contributed by atoms with Crippen LogP contribution in [0.4, 0.5) is 37.2 Å². The molecule has 3 fully saturated rings. The smallest absolute Gasteiger partial charge is 0.417 e. The molecule has 9 nitrogen and oxygen atoms in total. The van der Waals surface area contributed by atoms with E-state index in [0.29, 0.717) is 43.4 Å². The van der Waals surface area contributed by atoms with Gasteiger partial charge in [0, 0.05) is 60.5 Å². The molecule has 0 radical (unpaired) electrons. The lowest BCUT2D eigenvalue weighted by molar-refractivity contribution is -0.137. The number of hydrogen-bond donors (Lipinski definition) is 1. The van der Waals surface area contributed by atoms with Gasteiger partial charge in [0.25, 0.3) is 0 Å². The Hall–Kier alpha value is -4.36. The Morgan fingerprint density at radius 1 is 1.19 bits per heavy atom. The maximum atomic E-state index is 16.6. The second-order valence-corrected chi connectivity index (χ2v) is 14.6. The number of anilines is 2. The van der Waals surface area contributed by atoms with Crippen molar-refractivity contribution in [1.82, 2.24) is 19.8 Å². The molecule has 2 aromatic carbocycles. The van der Waals surface area contributed by atoms with Gasteiger partial charge in [-0.2, -0.15) is 28.4 Å². The molecule has 0 aliphatic carbocycles. The van der Waals surface area contributed by atoms with Crippen molar-refractivity contribution in [2.24, 2.45) is 5.92 Å². The number of nitrogens with two attached hydrogens (primary N) is 1. The molecule has 16 heteroatoms. The first-order valence-corrected chi connectivity index (χ1v) is 18.0. The first-order chi connectivity index (χ1) is 24.7. The number of likely N-dealkylation sites (tertiary alicyclic amines) is 1. The quantitative estimate of drug-likeness (QED) is 0.202. The standard InChI is InChI=1S/C29H27F5N6O2S.C7H12FN/c1-5-40(14-8-9-39(12-14)27(41)13(2)3)26-16-10-18(29(32,33)34)21(22(31)23(16)37-28(38-26)42-4)15-6-7-19(30)24-20(15)17(11-35)25(36)43-24;8-6-4-7-2-1-3-9(7)5-6/h6-7,10,13-14H,5,8-9,12,36H2,1-4H3;6-7H,1-5H2. The molecule has 2 N–H and O–H groups in total. The Morgan fingerprint density at radius 2 is 1.94 bits per heavy atom. The Bertz CT molecular complexity index is 2040. The van der Waals surface area contributed by atoms with Crippen molar-refractivity contribution in [1.29, 1.82) is 5.26 Å². The number of carbonyl (C=O) groups is 1. The van der Waals surface area contributed by atoms with Crippen LogP contribution in [0.3, 0.4) is 0 Å². The zero-order chi connectivity index (χ0) is 37.6. The van der Waals surface area contributed by atoms with Gasteiger partial charge in [0.2, 0.25) is 5.91 Å². The van der Waals surface area contributed by atoms with Crippen LogP contribution in [-0.4, -0.2) is 83.8 Å². The number of rotatable bonds is 6. The lowest BCUT2D eigenvalue weighted by atomic mass is 9.92. The minimum absolute atomic E-state index is 0.0193. The van der Waals surface area contributed by atoms with E-state index in [1.807, 2.05) is 0 Å². The second kappa shape index (κ2) is 14.6. The van der Waals surface area contributed by atoms with Crippen molar-refractivity contribution in [2.45, 2.75) is 70.9 Å². The van der Waals surface area contributed by atoms with E-state index in [9.17, 15) is 32.0 Å². The molecule has 7 rings (SSSR count). The molecule has 0 bridgehead atoms. The molecule has 0 spiro atoms.